The molecule has 2 N–H and O–H groups in total. The number of aromatic nitrogens is 4. The van der Waals surface area contributed by atoms with Gasteiger partial charge in [-0.25, -0.2) is 4.98 Å². The van der Waals surface area contributed by atoms with Gasteiger partial charge in [0.15, 0.2) is 5.65 Å². The van der Waals surface area contributed by atoms with Crippen LogP contribution in [0.25, 0.3) is 5.65 Å². The van der Waals surface area contributed by atoms with Crippen LogP contribution < -0.4 is 5.73 Å². The Morgan fingerprint density at radius 2 is 2.16 bits per heavy atom. The summed E-state index contributed by atoms with van der Waals surface area (Å²) in [4.78, 5) is 4.33. The minimum absolute atomic E-state index is 0.00232. The molecule has 0 spiro atoms. The third kappa shape index (κ3) is 2.45. The molecule has 5 nitrogen and oxygen atoms in total. The van der Waals surface area contributed by atoms with Gasteiger partial charge in [-0.2, -0.15) is 0 Å². The van der Waals surface area contributed by atoms with Crippen molar-refractivity contribution in [3.05, 3.63) is 48.3 Å². The number of rotatable bonds is 3. The molecular weight excluding hydrogens is 258 g/mol. The summed E-state index contributed by atoms with van der Waals surface area (Å²) in [5.74, 6) is 0. The number of pyridine rings is 2. The van der Waals surface area contributed by atoms with Gasteiger partial charge in [-0.3, -0.25) is 4.40 Å². The highest BCUT2D eigenvalue weighted by Gasteiger charge is 2.08. The molecule has 3 aromatic rings. The maximum Gasteiger partial charge on any atom is 0.201 e. The molecule has 0 bridgehead atoms. The maximum absolute atomic E-state index is 5.88. The van der Waals surface area contributed by atoms with E-state index in [0.29, 0.717) is 0 Å². The molecule has 96 valence electrons. The lowest BCUT2D eigenvalue weighted by molar-refractivity contribution is 0.807. The molecule has 1 atom stereocenters. The van der Waals surface area contributed by atoms with Gasteiger partial charge in [0.2, 0.25) is 5.16 Å². The molecule has 0 fully saturated rings. The van der Waals surface area contributed by atoms with Crippen molar-refractivity contribution in [3.8, 4) is 0 Å². The molecule has 0 saturated carbocycles. The van der Waals surface area contributed by atoms with Gasteiger partial charge in [-0.15, -0.1) is 10.2 Å². The molecule has 0 aliphatic carbocycles. The predicted octanol–water partition coefficient (Wildman–Crippen LogP) is 2.30. The van der Waals surface area contributed by atoms with Gasteiger partial charge in [0.25, 0.3) is 0 Å². The van der Waals surface area contributed by atoms with Crippen LogP contribution in [0.2, 0.25) is 0 Å². The summed E-state index contributed by atoms with van der Waals surface area (Å²) < 4.78 is 1.94. The van der Waals surface area contributed by atoms with Crippen molar-refractivity contribution in [2.24, 2.45) is 5.73 Å². The zero-order valence-electron chi connectivity index (χ0n) is 10.4. The molecule has 0 saturated heterocycles. The lowest BCUT2D eigenvalue weighted by Gasteiger charge is -2.06. The van der Waals surface area contributed by atoms with E-state index in [1.54, 1.807) is 6.20 Å². The summed E-state index contributed by atoms with van der Waals surface area (Å²) in [7, 11) is 0. The number of nitrogens with two attached hydrogens (primary N) is 1. The van der Waals surface area contributed by atoms with E-state index in [0.717, 1.165) is 21.4 Å². The lowest BCUT2D eigenvalue weighted by Crippen LogP contribution is -2.05. The molecule has 3 aromatic heterocycles. The van der Waals surface area contributed by atoms with E-state index in [1.807, 2.05) is 47.9 Å². The van der Waals surface area contributed by atoms with Crippen LogP contribution in [0, 0.1) is 0 Å². The standard InChI is InChI=1S/C13H13N5S/c1-9(14)10-5-6-15-12(8-10)19-13-17-16-11-4-2-3-7-18(11)13/h2-9H,14H2,1H3. The molecule has 3 rings (SSSR count). The number of hydrogen-bond acceptors (Lipinski definition) is 5. The normalized spacial score (nSPS) is 12.7. The fourth-order valence-electron chi connectivity index (χ4n) is 1.75. The summed E-state index contributed by atoms with van der Waals surface area (Å²) in [5, 5.41) is 9.95. The van der Waals surface area contributed by atoms with Crippen molar-refractivity contribution >= 4 is 17.4 Å². The van der Waals surface area contributed by atoms with E-state index in [4.69, 9.17) is 5.73 Å². The molecule has 19 heavy (non-hydrogen) atoms. The fraction of sp³-hybridized carbons (Fsp3) is 0.154. The van der Waals surface area contributed by atoms with Gasteiger partial charge in [-0.05, 0) is 48.5 Å². The average Bonchev–Trinajstić information content (AvgIpc) is 2.83. The van der Waals surface area contributed by atoms with Crippen LogP contribution in [-0.2, 0) is 0 Å². The first-order valence-corrected chi connectivity index (χ1v) is 6.75. The summed E-state index contributed by atoms with van der Waals surface area (Å²) in [6.07, 6.45) is 3.71. The van der Waals surface area contributed by atoms with Crippen molar-refractivity contribution < 1.29 is 0 Å². The highest BCUT2D eigenvalue weighted by Crippen LogP contribution is 2.26. The SMILES string of the molecule is CC(N)c1ccnc(Sc2nnc3ccccn23)c1. The Balaban J connectivity index is 1.95. The number of hydrogen-bond donors (Lipinski definition) is 1. The Morgan fingerprint density at radius 1 is 1.26 bits per heavy atom. The second-order valence-electron chi connectivity index (χ2n) is 4.23. The first-order chi connectivity index (χ1) is 9.24. The third-order valence-corrected chi connectivity index (χ3v) is 3.66. The lowest BCUT2D eigenvalue weighted by atomic mass is 10.1. The summed E-state index contributed by atoms with van der Waals surface area (Å²) in [6, 6.07) is 9.72. The molecule has 0 aliphatic heterocycles. The summed E-state index contributed by atoms with van der Waals surface area (Å²) in [6.45, 7) is 1.95. The van der Waals surface area contributed by atoms with E-state index in [-0.39, 0.29) is 6.04 Å². The quantitative estimate of drug-likeness (QED) is 0.791. The van der Waals surface area contributed by atoms with Crippen LogP contribution in [0.1, 0.15) is 18.5 Å². The smallest absolute Gasteiger partial charge is 0.201 e. The van der Waals surface area contributed by atoms with Crippen molar-refractivity contribution in [1.82, 2.24) is 19.6 Å². The van der Waals surface area contributed by atoms with E-state index < -0.39 is 0 Å². The Hall–Kier alpha value is -1.92. The summed E-state index contributed by atoms with van der Waals surface area (Å²) >= 11 is 1.48. The van der Waals surface area contributed by atoms with Gasteiger partial charge < -0.3 is 5.73 Å². The largest absolute Gasteiger partial charge is 0.324 e. The molecule has 0 aromatic carbocycles. The monoisotopic (exact) mass is 271 g/mol. The van der Waals surface area contributed by atoms with Gasteiger partial charge in [0.1, 0.15) is 5.03 Å². The van der Waals surface area contributed by atoms with Crippen molar-refractivity contribution in [1.29, 1.82) is 0 Å². The predicted molar refractivity (Wildman–Crippen MR) is 73.9 cm³/mol. The second-order valence-corrected chi connectivity index (χ2v) is 5.22. The zero-order chi connectivity index (χ0) is 13.2. The fourth-order valence-corrected chi connectivity index (χ4v) is 2.58. The van der Waals surface area contributed by atoms with Crippen LogP contribution in [-0.4, -0.2) is 19.6 Å². The van der Waals surface area contributed by atoms with Gasteiger partial charge in [0, 0.05) is 18.4 Å². The highest BCUT2D eigenvalue weighted by molar-refractivity contribution is 7.99. The Bertz CT molecular complexity index is 707. The first-order valence-electron chi connectivity index (χ1n) is 5.93. The minimum atomic E-state index is -0.00232. The van der Waals surface area contributed by atoms with E-state index in [1.165, 1.54) is 11.8 Å². The Morgan fingerprint density at radius 3 is 3.00 bits per heavy atom. The van der Waals surface area contributed by atoms with Crippen molar-refractivity contribution in [2.45, 2.75) is 23.1 Å². The van der Waals surface area contributed by atoms with E-state index >= 15 is 0 Å². The van der Waals surface area contributed by atoms with Crippen LogP contribution >= 0.6 is 11.8 Å². The summed E-state index contributed by atoms with van der Waals surface area (Å²) in [5.41, 5.74) is 7.76. The number of nitrogens with zero attached hydrogens (tertiary/aromatic N) is 4. The first kappa shape index (κ1) is 12.1. The van der Waals surface area contributed by atoms with Crippen molar-refractivity contribution in [3.63, 3.8) is 0 Å². The molecular formula is C13H13N5S. The van der Waals surface area contributed by atoms with E-state index in [9.17, 15) is 0 Å². The van der Waals surface area contributed by atoms with E-state index in [2.05, 4.69) is 15.2 Å². The minimum Gasteiger partial charge on any atom is -0.324 e. The van der Waals surface area contributed by atoms with Crippen LogP contribution in [0.3, 0.4) is 0 Å². The Labute approximate surface area is 114 Å². The molecule has 3 heterocycles. The zero-order valence-corrected chi connectivity index (χ0v) is 11.2. The van der Waals surface area contributed by atoms with Gasteiger partial charge in [-0.1, -0.05) is 6.07 Å². The topological polar surface area (TPSA) is 69.1 Å². The molecule has 0 radical (unpaired) electrons. The third-order valence-electron chi connectivity index (χ3n) is 2.76. The molecule has 6 heteroatoms. The van der Waals surface area contributed by atoms with Crippen LogP contribution in [0.5, 0.6) is 0 Å². The maximum atomic E-state index is 5.88. The van der Waals surface area contributed by atoms with Gasteiger partial charge in [0.05, 0.1) is 0 Å². The van der Waals surface area contributed by atoms with Gasteiger partial charge >= 0.3 is 0 Å². The highest BCUT2D eigenvalue weighted by atomic mass is 32.2. The van der Waals surface area contributed by atoms with Crippen LogP contribution in [0.4, 0.5) is 0 Å². The molecule has 0 amide bonds. The Kier molecular flexibility index (Phi) is 3.18. The molecule has 1 unspecified atom stereocenters. The molecule has 0 aliphatic rings. The number of fused-ring (bicyclic) bond motifs is 1. The van der Waals surface area contributed by atoms with Crippen molar-refractivity contribution in [2.75, 3.05) is 0 Å². The van der Waals surface area contributed by atoms with Crippen LogP contribution in [0.15, 0.2) is 52.9 Å². The average molecular weight is 271 g/mol. The second kappa shape index (κ2) is 4.99.